The van der Waals surface area contributed by atoms with Crippen LogP contribution in [0.3, 0.4) is 0 Å². The normalized spacial score (nSPS) is 19.6. The van der Waals surface area contributed by atoms with Crippen LogP contribution >= 0.6 is 23.2 Å². The van der Waals surface area contributed by atoms with Gasteiger partial charge in [0.25, 0.3) is 0 Å². The molecule has 2 heterocycles. The number of hydrogen-bond donors (Lipinski definition) is 0. The van der Waals surface area contributed by atoms with E-state index in [0.29, 0.717) is 15.9 Å². The Morgan fingerprint density at radius 1 is 1.65 bits per heavy atom. The van der Waals surface area contributed by atoms with Crippen molar-refractivity contribution in [2.24, 2.45) is 7.05 Å². The van der Waals surface area contributed by atoms with E-state index < -0.39 is 5.97 Å². The second-order valence-electron chi connectivity index (χ2n) is 3.96. The van der Waals surface area contributed by atoms with Crippen molar-refractivity contribution in [1.82, 2.24) is 4.57 Å². The molecule has 0 saturated carbocycles. The SMILES string of the molecule is Cn1c(C(=O)OC[C@@H]2CCCO2)cc(Cl)c1Cl. The van der Waals surface area contributed by atoms with Gasteiger partial charge < -0.3 is 14.0 Å². The summed E-state index contributed by atoms with van der Waals surface area (Å²) in [4.78, 5) is 11.8. The van der Waals surface area contributed by atoms with Crippen molar-refractivity contribution in [3.05, 3.63) is 21.9 Å². The standard InChI is InChI=1S/C11H13Cl2NO3/c1-14-9(5-8(12)10(14)13)11(15)17-6-7-3-2-4-16-7/h5,7H,2-4,6H2,1H3/t7-/m0/s1. The van der Waals surface area contributed by atoms with Gasteiger partial charge in [-0.2, -0.15) is 0 Å². The zero-order chi connectivity index (χ0) is 12.4. The van der Waals surface area contributed by atoms with Gasteiger partial charge in [-0.3, -0.25) is 0 Å². The highest BCUT2D eigenvalue weighted by Crippen LogP contribution is 2.25. The van der Waals surface area contributed by atoms with Gasteiger partial charge in [-0.1, -0.05) is 23.2 Å². The van der Waals surface area contributed by atoms with Crippen LogP contribution in [0.4, 0.5) is 0 Å². The number of aromatic nitrogens is 1. The minimum atomic E-state index is -0.434. The summed E-state index contributed by atoms with van der Waals surface area (Å²) >= 11 is 11.7. The molecular weight excluding hydrogens is 265 g/mol. The van der Waals surface area contributed by atoms with Crippen LogP contribution in [0.5, 0.6) is 0 Å². The van der Waals surface area contributed by atoms with Gasteiger partial charge in [0.15, 0.2) is 0 Å². The summed E-state index contributed by atoms with van der Waals surface area (Å²) in [6.07, 6.45) is 1.97. The number of halogens is 2. The van der Waals surface area contributed by atoms with Crippen molar-refractivity contribution < 1.29 is 14.3 Å². The summed E-state index contributed by atoms with van der Waals surface area (Å²) in [5, 5.41) is 0.675. The van der Waals surface area contributed by atoms with E-state index in [2.05, 4.69) is 0 Å². The largest absolute Gasteiger partial charge is 0.458 e. The molecule has 2 rings (SSSR count). The Morgan fingerprint density at radius 3 is 2.94 bits per heavy atom. The topological polar surface area (TPSA) is 40.5 Å². The molecule has 4 nitrogen and oxygen atoms in total. The van der Waals surface area contributed by atoms with Crippen LogP contribution in [0.25, 0.3) is 0 Å². The van der Waals surface area contributed by atoms with Crippen molar-refractivity contribution in [1.29, 1.82) is 0 Å². The number of ether oxygens (including phenoxy) is 2. The second kappa shape index (κ2) is 5.29. The summed E-state index contributed by atoms with van der Waals surface area (Å²) < 4.78 is 12.0. The lowest BCUT2D eigenvalue weighted by atomic mass is 10.2. The first-order chi connectivity index (χ1) is 8.09. The third kappa shape index (κ3) is 2.76. The number of rotatable bonds is 3. The van der Waals surface area contributed by atoms with Gasteiger partial charge in [-0.15, -0.1) is 0 Å². The molecule has 0 spiro atoms. The number of carbonyl (C=O) groups is 1. The number of esters is 1. The molecule has 17 heavy (non-hydrogen) atoms. The first kappa shape index (κ1) is 12.7. The Hall–Kier alpha value is -0.710. The molecule has 1 aromatic heterocycles. The van der Waals surface area contributed by atoms with E-state index in [1.807, 2.05) is 0 Å². The summed E-state index contributed by atoms with van der Waals surface area (Å²) in [5.74, 6) is -0.434. The van der Waals surface area contributed by atoms with Crippen molar-refractivity contribution in [3.63, 3.8) is 0 Å². The van der Waals surface area contributed by atoms with Crippen molar-refractivity contribution in [2.45, 2.75) is 18.9 Å². The molecule has 0 aliphatic carbocycles. The smallest absolute Gasteiger partial charge is 0.355 e. The predicted molar refractivity (Wildman–Crippen MR) is 64.7 cm³/mol. The predicted octanol–water partition coefficient (Wildman–Crippen LogP) is 2.67. The Labute approximate surface area is 109 Å². The van der Waals surface area contributed by atoms with Crippen molar-refractivity contribution in [3.8, 4) is 0 Å². The lowest BCUT2D eigenvalue weighted by Gasteiger charge is -2.10. The minimum absolute atomic E-state index is 0.0187. The third-order valence-electron chi connectivity index (χ3n) is 2.75. The zero-order valence-corrected chi connectivity index (χ0v) is 10.9. The number of carbonyl (C=O) groups excluding carboxylic acids is 1. The fraction of sp³-hybridized carbons (Fsp3) is 0.545. The van der Waals surface area contributed by atoms with Crippen LogP contribution in [-0.2, 0) is 16.5 Å². The molecule has 0 radical (unpaired) electrons. The molecule has 1 fully saturated rings. The number of nitrogens with zero attached hydrogens (tertiary/aromatic N) is 1. The Balaban J connectivity index is 1.96. The molecule has 1 aliphatic rings. The molecule has 6 heteroatoms. The Morgan fingerprint density at radius 2 is 2.41 bits per heavy atom. The van der Waals surface area contributed by atoms with Gasteiger partial charge in [-0.05, 0) is 18.9 Å². The van der Waals surface area contributed by atoms with Gasteiger partial charge >= 0.3 is 5.97 Å². The van der Waals surface area contributed by atoms with Gasteiger partial charge in [0.1, 0.15) is 17.5 Å². The van der Waals surface area contributed by atoms with Crippen LogP contribution in [0.2, 0.25) is 10.2 Å². The number of hydrogen-bond acceptors (Lipinski definition) is 3. The molecule has 0 amide bonds. The van der Waals surface area contributed by atoms with E-state index in [-0.39, 0.29) is 12.7 Å². The lowest BCUT2D eigenvalue weighted by molar-refractivity contribution is 0.0153. The third-order valence-corrected chi connectivity index (χ3v) is 3.59. The van der Waals surface area contributed by atoms with E-state index in [4.69, 9.17) is 32.7 Å². The highest BCUT2D eigenvalue weighted by Gasteiger charge is 2.21. The van der Waals surface area contributed by atoms with Gasteiger partial charge in [0.05, 0.1) is 11.1 Å². The quantitative estimate of drug-likeness (QED) is 0.798. The van der Waals surface area contributed by atoms with Crippen LogP contribution in [0, 0.1) is 0 Å². The fourth-order valence-corrected chi connectivity index (χ4v) is 2.13. The maximum atomic E-state index is 11.8. The van der Waals surface area contributed by atoms with Crippen LogP contribution in [-0.4, -0.2) is 29.9 Å². The Bertz CT molecular complexity index is 425. The van der Waals surface area contributed by atoms with E-state index in [1.165, 1.54) is 10.6 Å². The first-order valence-electron chi connectivity index (χ1n) is 5.39. The minimum Gasteiger partial charge on any atom is -0.458 e. The maximum absolute atomic E-state index is 11.8. The molecule has 0 bridgehead atoms. The molecule has 1 aliphatic heterocycles. The van der Waals surface area contributed by atoms with E-state index in [9.17, 15) is 4.79 Å². The Kier molecular flexibility index (Phi) is 3.97. The molecule has 1 saturated heterocycles. The molecule has 1 atom stereocenters. The van der Waals surface area contributed by atoms with Crippen molar-refractivity contribution in [2.75, 3.05) is 13.2 Å². The average molecular weight is 278 g/mol. The summed E-state index contributed by atoms with van der Waals surface area (Å²) in [5.41, 5.74) is 0.345. The van der Waals surface area contributed by atoms with Gasteiger partial charge in [-0.25, -0.2) is 4.79 Å². The van der Waals surface area contributed by atoms with E-state index >= 15 is 0 Å². The average Bonchev–Trinajstić information content (AvgIpc) is 2.91. The molecule has 0 N–H and O–H groups in total. The molecule has 1 aromatic rings. The zero-order valence-electron chi connectivity index (χ0n) is 9.41. The highest BCUT2D eigenvalue weighted by molar-refractivity contribution is 6.41. The maximum Gasteiger partial charge on any atom is 0.355 e. The fourth-order valence-electron chi connectivity index (χ4n) is 1.76. The lowest BCUT2D eigenvalue weighted by Crippen LogP contribution is -2.19. The second-order valence-corrected chi connectivity index (χ2v) is 4.73. The van der Waals surface area contributed by atoms with Gasteiger partial charge in [0.2, 0.25) is 0 Å². The molecular formula is C11H13Cl2NO3. The monoisotopic (exact) mass is 277 g/mol. The van der Waals surface area contributed by atoms with Crippen LogP contribution in [0.15, 0.2) is 6.07 Å². The molecule has 0 aromatic carbocycles. The van der Waals surface area contributed by atoms with Crippen LogP contribution in [0.1, 0.15) is 23.3 Å². The summed E-state index contributed by atoms with van der Waals surface area (Å²) in [7, 11) is 1.66. The summed E-state index contributed by atoms with van der Waals surface area (Å²) in [6.45, 7) is 1.02. The van der Waals surface area contributed by atoms with E-state index in [1.54, 1.807) is 7.05 Å². The molecule has 0 unspecified atom stereocenters. The van der Waals surface area contributed by atoms with Crippen LogP contribution < -0.4 is 0 Å². The van der Waals surface area contributed by atoms with Gasteiger partial charge in [0, 0.05) is 13.7 Å². The summed E-state index contributed by atoms with van der Waals surface area (Å²) in [6, 6.07) is 1.50. The molecule has 94 valence electrons. The highest BCUT2D eigenvalue weighted by atomic mass is 35.5. The van der Waals surface area contributed by atoms with Crippen molar-refractivity contribution >= 4 is 29.2 Å². The first-order valence-corrected chi connectivity index (χ1v) is 6.14. The van der Waals surface area contributed by atoms with E-state index in [0.717, 1.165) is 19.4 Å².